The fraction of sp³-hybridized carbons (Fsp3) is 0.308. The fourth-order valence-electron chi connectivity index (χ4n) is 4.85. The molecule has 1 fully saturated rings. The average Bonchev–Trinajstić information content (AvgIpc) is 3.40. The molecule has 7 heteroatoms. The predicted molar refractivity (Wildman–Crippen MR) is 128 cm³/mol. The number of aromatic nitrogens is 1. The van der Waals surface area contributed by atoms with Gasteiger partial charge in [0, 0.05) is 28.5 Å². The standard InChI is InChI=1S/C26H25ClN2O4/c27-20-11-19-9-10-29(15-21-12-18-3-1-2-4-23(18)33-21)24(19)22(13-20)25(30)28-14-16-5-7-17(8-6-16)26(31)32/h1-4,9-13,16-17H,5-8,14-15H2,(H,28,30)(H,31,32)/t16-,17-. The Balaban J connectivity index is 1.35. The highest BCUT2D eigenvalue weighted by Gasteiger charge is 2.26. The number of rotatable bonds is 6. The second-order valence-corrected chi connectivity index (χ2v) is 9.29. The normalized spacial score (nSPS) is 18.6. The van der Waals surface area contributed by atoms with Crippen molar-refractivity contribution in [1.82, 2.24) is 9.88 Å². The van der Waals surface area contributed by atoms with E-state index in [9.17, 15) is 14.7 Å². The molecule has 2 aromatic carbocycles. The molecule has 1 saturated carbocycles. The first-order valence-electron chi connectivity index (χ1n) is 11.2. The van der Waals surface area contributed by atoms with Gasteiger partial charge in [0.2, 0.25) is 0 Å². The topological polar surface area (TPSA) is 84.5 Å². The summed E-state index contributed by atoms with van der Waals surface area (Å²) in [5.41, 5.74) is 2.17. The Kier molecular flexibility index (Phi) is 5.85. The van der Waals surface area contributed by atoms with E-state index >= 15 is 0 Å². The average molecular weight is 465 g/mol. The van der Waals surface area contributed by atoms with Crippen LogP contribution >= 0.6 is 11.6 Å². The molecular formula is C26H25ClN2O4. The van der Waals surface area contributed by atoms with Crippen molar-refractivity contribution >= 4 is 45.3 Å². The molecule has 4 aromatic rings. The molecule has 6 nitrogen and oxygen atoms in total. The number of halogens is 1. The molecule has 2 heterocycles. The number of nitrogens with zero attached hydrogens (tertiary/aromatic N) is 1. The summed E-state index contributed by atoms with van der Waals surface area (Å²) in [4.78, 5) is 24.3. The SMILES string of the molecule is O=C(NC[C@H]1CC[C@H](C(=O)O)CC1)c1cc(Cl)cc2ccn(Cc3cc4ccccc4o3)c12. The van der Waals surface area contributed by atoms with E-state index in [4.69, 9.17) is 16.0 Å². The van der Waals surface area contributed by atoms with Gasteiger partial charge < -0.3 is 19.4 Å². The molecule has 2 aromatic heterocycles. The number of furan rings is 1. The monoisotopic (exact) mass is 464 g/mol. The minimum absolute atomic E-state index is 0.174. The third-order valence-electron chi connectivity index (χ3n) is 6.62. The number of carbonyl (C=O) groups is 2. The van der Waals surface area contributed by atoms with Crippen molar-refractivity contribution < 1.29 is 19.1 Å². The van der Waals surface area contributed by atoms with Gasteiger partial charge >= 0.3 is 5.97 Å². The van der Waals surface area contributed by atoms with Gasteiger partial charge in [-0.15, -0.1) is 0 Å². The highest BCUT2D eigenvalue weighted by atomic mass is 35.5. The van der Waals surface area contributed by atoms with Crippen LogP contribution in [0.15, 0.2) is 59.1 Å². The first kappa shape index (κ1) is 21.6. The van der Waals surface area contributed by atoms with E-state index in [2.05, 4.69) is 5.32 Å². The van der Waals surface area contributed by atoms with E-state index in [1.807, 2.05) is 53.2 Å². The number of fused-ring (bicyclic) bond motifs is 2. The Morgan fingerprint density at radius 3 is 2.61 bits per heavy atom. The van der Waals surface area contributed by atoms with Gasteiger partial charge in [0.15, 0.2) is 0 Å². The lowest BCUT2D eigenvalue weighted by molar-refractivity contribution is -0.143. The van der Waals surface area contributed by atoms with E-state index in [0.29, 0.717) is 42.4 Å². The summed E-state index contributed by atoms with van der Waals surface area (Å²) in [5, 5.41) is 14.7. The largest absolute Gasteiger partial charge is 0.481 e. The molecule has 0 bridgehead atoms. The summed E-state index contributed by atoms with van der Waals surface area (Å²) >= 11 is 6.32. The first-order chi connectivity index (χ1) is 16.0. The van der Waals surface area contributed by atoms with Gasteiger partial charge in [0.25, 0.3) is 5.91 Å². The summed E-state index contributed by atoms with van der Waals surface area (Å²) in [6, 6.07) is 15.4. The summed E-state index contributed by atoms with van der Waals surface area (Å²) < 4.78 is 7.99. The van der Waals surface area contributed by atoms with Crippen molar-refractivity contribution in [3.63, 3.8) is 0 Å². The van der Waals surface area contributed by atoms with Crippen LogP contribution in [-0.4, -0.2) is 28.1 Å². The van der Waals surface area contributed by atoms with Crippen LogP contribution in [0.1, 0.15) is 41.8 Å². The highest BCUT2D eigenvalue weighted by molar-refractivity contribution is 6.32. The molecule has 0 spiro atoms. The van der Waals surface area contributed by atoms with Crippen LogP contribution in [0.4, 0.5) is 0 Å². The number of amides is 1. The highest BCUT2D eigenvalue weighted by Crippen LogP contribution is 2.30. The molecule has 1 amide bonds. The second kappa shape index (κ2) is 8.94. The summed E-state index contributed by atoms with van der Waals surface area (Å²) in [7, 11) is 0. The van der Waals surface area contributed by atoms with Crippen molar-refractivity contribution in [1.29, 1.82) is 0 Å². The van der Waals surface area contributed by atoms with Gasteiger partial charge in [0.05, 0.1) is 23.5 Å². The van der Waals surface area contributed by atoms with Crippen LogP contribution < -0.4 is 5.32 Å². The van der Waals surface area contributed by atoms with Crippen molar-refractivity contribution in [2.24, 2.45) is 11.8 Å². The third kappa shape index (κ3) is 4.48. The number of benzene rings is 2. The van der Waals surface area contributed by atoms with Crippen molar-refractivity contribution in [3.8, 4) is 0 Å². The summed E-state index contributed by atoms with van der Waals surface area (Å²) in [5.74, 6) is -0.0470. The molecule has 0 radical (unpaired) electrons. The Bertz CT molecular complexity index is 1300. The van der Waals surface area contributed by atoms with Gasteiger partial charge in [-0.25, -0.2) is 0 Å². The van der Waals surface area contributed by atoms with Gasteiger partial charge in [-0.1, -0.05) is 29.8 Å². The van der Waals surface area contributed by atoms with E-state index in [1.54, 1.807) is 6.07 Å². The minimum atomic E-state index is -0.718. The Morgan fingerprint density at radius 2 is 1.85 bits per heavy atom. The zero-order chi connectivity index (χ0) is 22.9. The zero-order valence-electron chi connectivity index (χ0n) is 18.1. The number of nitrogens with one attached hydrogen (secondary N) is 1. The molecule has 0 aliphatic heterocycles. The van der Waals surface area contributed by atoms with Crippen molar-refractivity contribution in [3.05, 3.63) is 71.1 Å². The smallest absolute Gasteiger partial charge is 0.306 e. The lowest BCUT2D eigenvalue weighted by Gasteiger charge is -2.26. The van der Waals surface area contributed by atoms with Crippen LogP contribution in [0.25, 0.3) is 21.9 Å². The Labute approximate surface area is 196 Å². The van der Waals surface area contributed by atoms with Crippen LogP contribution in [0.2, 0.25) is 5.02 Å². The molecule has 1 aliphatic rings. The number of carboxylic acids is 1. The Morgan fingerprint density at radius 1 is 1.06 bits per heavy atom. The number of aliphatic carboxylic acids is 1. The van der Waals surface area contributed by atoms with E-state index < -0.39 is 5.97 Å². The predicted octanol–water partition coefficient (Wildman–Crippen LogP) is 5.71. The van der Waals surface area contributed by atoms with E-state index in [1.165, 1.54) is 0 Å². The van der Waals surface area contributed by atoms with Crippen molar-refractivity contribution in [2.75, 3.05) is 6.54 Å². The second-order valence-electron chi connectivity index (χ2n) is 8.85. The molecule has 1 aliphatic carbocycles. The first-order valence-corrected chi connectivity index (χ1v) is 11.6. The number of hydrogen-bond acceptors (Lipinski definition) is 3. The molecule has 170 valence electrons. The number of carbonyl (C=O) groups excluding carboxylic acids is 1. The van der Waals surface area contributed by atoms with Crippen LogP contribution in [-0.2, 0) is 11.3 Å². The lowest BCUT2D eigenvalue weighted by atomic mass is 9.82. The van der Waals surface area contributed by atoms with Gasteiger partial charge in [0.1, 0.15) is 11.3 Å². The quantitative estimate of drug-likeness (QED) is 0.382. The van der Waals surface area contributed by atoms with Gasteiger partial charge in [-0.2, -0.15) is 0 Å². The summed E-state index contributed by atoms with van der Waals surface area (Å²) in [6.07, 6.45) is 4.89. The molecule has 0 unspecified atom stereocenters. The molecular weight excluding hydrogens is 440 g/mol. The maximum absolute atomic E-state index is 13.2. The van der Waals surface area contributed by atoms with Crippen LogP contribution in [0, 0.1) is 11.8 Å². The molecule has 2 N–H and O–H groups in total. The van der Waals surface area contributed by atoms with E-state index in [0.717, 1.165) is 40.5 Å². The minimum Gasteiger partial charge on any atom is -0.481 e. The third-order valence-corrected chi connectivity index (χ3v) is 6.84. The lowest BCUT2D eigenvalue weighted by Crippen LogP contribution is -2.32. The number of hydrogen-bond donors (Lipinski definition) is 2. The van der Waals surface area contributed by atoms with E-state index in [-0.39, 0.29) is 11.8 Å². The Hall–Kier alpha value is -3.25. The van der Waals surface area contributed by atoms with Crippen LogP contribution in [0.3, 0.4) is 0 Å². The number of para-hydroxylation sites is 1. The van der Waals surface area contributed by atoms with Crippen molar-refractivity contribution in [2.45, 2.75) is 32.2 Å². The van der Waals surface area contributed by atoms with Gasteiger partial charge in [-0.05, 0) is 61.9 Å². The fourth-order valence-corrected chi connectivity index (χ4v) is 5.07. The maximum atomic E-state index is 13.2. The molecule has 5 rings (SSSR count). The molecule has 33 heavy (non-hydrogen) atoms. The zero-order valence-corrected chi connectivity index (χ0v) is 18.8. The van der Waals surface area contributed by atoms with Crippen LogP contribution in [0.5, 0.6) is 0 Å². The molecule has 0 atom stereocenters. The summed E-state index contributed by atoms with van der Waals surface area (Å²) in [6.45, 7) is 1.03. The maximum Gasteiger partial charge on any atom is 0.306 e. The number of carboxylic acid groups (broad SMARTS) is 1. The van der Waals surface area contributed by atoms with Gasteiger partial charge in [-0.3, -0.25) is 9.59 Å². The molecule has 0 saturated heterocycles.